The second-order valence-corrected chi connectivity index (χ2v) is 7.71. The highest BCUT2D eigenvalue weighted by atomic mass is 15.2. The molecule has 1 N–H and O–H groups in total. The smallest absolute Gasteiger partial charge is 0.0274 e. The van der Waals surface area contributed by atoms with Gasteiger partial charge in [-0.25, -0.2) is 0 Å². The summed E-state index contributed by atoms with van der Waals surface area (Å²) in [6, 6.07) is 2.19. The summed E-state index contributed by atoms with van der Waals surface area (Å²) in [7, 11) is 0. The molecule has 2 rings (SSSR count). The fourth-order valence-corrected chi connectivity index (χ4v) is 4.38. The average molecular weight is 266 g/mol. The number of rotatable bonds is 3. The van der Waals surface area contributed by atoms with Gasteiger partial charge in [0.15, 0.2) is 0 Å². The van der Waals surface area contributed by atoms with Gasteiger partial charge in [-0.2, -0.15) is 0 Å². The Morgan fingerprint density at radius 2 is 1.89 bits per heavy atom. The van der Waals surface area contributed by atoms with Crippen molar-refractivity contribution >= 4 is 0 Å². The van der Waals surface area contributed by atoms with E-state index in [1.54, 1.807) is 0 Å². The second kappa shape index (κ2) is 6.13. The molecule has 4 unspecified atom stereocenters. The van der Waals surface area contributed by atoms with Gasteiger partial charge >= 0.3 is 0 Å². The van der Waals surface area contributed by atoms with Gasteiger partial charge in [0.05, 0.1) is 0 Å². The maximum atomic E-state index is 3.82. The summed E-state index contributed by atoms with van der Waals surface area (Å²) in [6.45, 7) is 14.5. The molecule has 2 heteroatoms. The minimum atomic E-state index is 0.444. The zero-order chi connectivity index (χ0) is 14.0. The Balaban J connectivity index is 2.14. The van der Waals surface area contributed by atoms with Crippen molar-refractivity contribution in [3.05, 3.63) is 0 Å². The summed E-state index contributed by atoms with van der Waals surface area (Å²) in [5, 5.41) is 3.82. The number of hydrogen-bond acceptors (Lipinski definition) is 2. The van der Waals surface area contributed by atoms with Crippen LogP contribution in [0, 0.1) is 11.3 Å². The van der Waals surface area contributed by atoms with Crippen molar-refractivity contribution in [3.8, 4) is 0 Å². The number of piperidine rings is 1. The fraction of sp³-hybridized carbons (Fsp3) is 1.00. The molecule has 1 saturated heterocycles. The van der Waals surface area contributed by atoms with Crippen LogP contribution in [-0.4, -0.2) is 36.1 Å². The van der Waals surface area contributed by atoms with Gasteiger partial charge in [-0.15, -0.1) is 0 Å². The number of nitrogens with one attached hydrogen (secondary N) is 1. The third-order valence-electron chi connectivity index (χ3n) is 5.56. The van der Waals surface area contributed by atoms with E-state index in [2.05, 4.69) is 44.8 Å². The molecule has 2 fully saturated rings. The zero-order valence-corrected chi connectivity index (χ0v) is 13.7. The molecule has 0 aromatic carbocycles. The van der Waals surface area contributed by atoms with Crippen LogP contribution in [-0.2, 0) is 0 Å². The molecule has 1 saturated carbocycles. The first-order valence-corrected chi connectivity index (χ1v) is 8.45. The van der Waals surface area contributed by atoms with E-state index in [-0.39, 0.29) is 0 Å². The van der Waals surface area contributed by atoms with E-state index < -0.39 is 0 Å². The van der Waals surface area contributed by atoms with Gasteiger partial charge in [0.2, 0.25) is 0 Å². The van der Waals surface area contributed by atoms with E-state index >= 15 is 0 Å². The van der Waals surface area contributed by atoms with Crippen molar-refractivity contribution in [1.29, 1.82) is 0 Å². The maximum absolute atomic E-state index is 3.82. The molecule has 2 nitrogen and oxygen atoms in total. The Morgan fingerprint density at radius 1 is 1.16 bits per heavy atom. The Hall–Kier alpha value is -0.0800. The summed E-state index contributed by atoms with van der Waals surface area (Å²) in [5.41, 5.74) is 0.444. The number of nitrogens with zero attached hydrogens (tertiary/aromatic N) is 1. The summed E-state index contributed by atoms with van der Waals surface area (Å²) in [5.74, 6) is 0.878. The van der Waals surface area contributed by atoms with E-state index in [0.29, 0.717) is 11.5 Å². The SMILES string of the molecule is CCNC1C(N2CC(C)CCC2C)CCCC1(C)C. The highest BCUT2D eigenvalue weighted by molar-refractivity contribution is 5.00. The fourth-order valence-electron chi connectivity index (χ4n) is 4.38. The molecule has 4 atom stereocenters. The van der Waals surface area contributed by atoms with Crippen molar-refractivity contribution in [1.82, 2.24) is 10.2 Å². The molecule has 0 aromatic heterocycles. The maximum Gasteiger partial charge on any atom is 0.0274 e. The van der Waals surface area contributed by atoms with Crippen LogP contribution >= 0.6 is 0 Å². The minimum Gasteiger partial charge on any atom is -0.312 e. The normalized spacial score (nSPS) is 40.3. The van der Waals surface area contributed by atoms with Crippen molar-refractivity contribution in [2.45, 2.75) is 84.8 Å². The zero-order valence-electron chi connectivity index (χ0n) is 13.7. The van der Waals surface area contributed by atoms with Crippen LogP contribution in [0.5, 0.6) is 0 Å². The van der Waals surface area contributed by atoms with Crippen LogP contribution in [0.1, 0.15) is 66.7 Å². The molecular weight excluding hydrogens is 232 g/mol. The third-order valence-corrected chi connectivity index (χ3v) is 5.56. The largest absolute Gasteiger partial charge is 0.312 e. The van der Waals surface area contributed by atoms with Gasteiger partial charge in [0.25, 0.3) is 0 Å². The molecule has 0 spiro atoms. The monoisotopic (exact) mass is 266 g/mol. The molecule has 0 aromatic rings. The number of likely N-dealkylation sites (tertiary alicyclic amines) is 1. The Kier molecular flexibility index (Phi) is 4.94. The molecule has 0 amide bonds. The van der Waals surface area contributed by atoms with Crippen molar-refractivity contribution in [2.24, 2.45) is 11.3 Å². The lowest BCUT2D eigenvalue weighted by molar-refractivity contribution is -0.000184. The van der Waals surface area contributed by atoms with E-state index in [1.165, 1.54) is 38.6 Å². The first-order valence-electron chi connectivity index (χ1n) is 8.45. The third kappa shape index (κ3) is 3.33. The molecule has 1 heterocycles. The van der Waals surface area contributed by atoms with Gasteiger partial charge in [0.1, 0.15) is 0 Å². The molecule has 0 bridgehead atoms. The highest BCUT2D eigenvalue weighted by Gasteiger charge is 2.43. The Morgan fingerprint density at radius 3 is 2.58 bits per heavy atom. The summed E-state index contributed by atoms with van der Waals surface area (Å²) < 4.78 is 0. The lowest BCUT2D eigenvalue weighted by atomic mass is 9.69. The molecule has 19 heavy (non-hydrogen) atoms. The summed E-state index contributed by atoms with van der Waals surface area (Å²) >= 11 is 0. The first kappa shape index (κ1) is 15.3. The molecule has 1 aliphatic carbocycles. The predicted octanol–water partition coefficient (Wildman–Crippen LogP) is 3.66. The van der Waals surface area contributed by atoms with E-state index in [1.807, 2.05) is 0 Å². The van der Waals surface area contributed by atoms with Gasteiger partial charge < -0.3 is 5.32 Å². The second-order valence-electron chi connectivity index (χ2n) is 7.71. The van der Waals surface area contributed by atoms with Crippen LogP contribution in [0.15, 0.2) is 0 Å². The van der Waals surface area contributed by atoms with Crippen LogP contribution in [0.3, 0.4) is 0 Å². The summed E-state index contributed by atoms with van der Waals surface area (Å²) in [4.78, 5) is 2.84. The standard InChI is InChI=1S/C17H34N2/c1-6-18-16-15(8-7-11-17(16,4)5)19-12-13(2)9-10-14(19)3/h13-16,18H,6-12H2,1-5H3. The van der Waals surface area contributed by atoms with Crippen LogP contribution < -0.4 is 5.32 Å². The molecular formula is C17H34N2. The average Bonchev–Trinajstić information content (AvgIpc) is 2.35. The highest BCUT2D eigenvalue weighted by Crippen LogP contribution is 2.39. The topological polar surface area (TPSA) is 15.3 Å². The Bertz CT molecular complexity index is 287. The molecule has 0 radical (unpaired) electrons. The molecule has 1 aliphatic heterocycles. The Labute approximate surface area is 120 Å². The number of hydrogen-bond donors (Lipinski definition) is 1. The van der Waals surface area contributed by atoms with E-state index in [0.717, 1.165) is 24.5 Å². The lowest BCUT2D eigenvalue weighted by Gasteiger charge is -2.52. The summed E-state index contributed by atoms with van der Waals surface area (Å²) in [6.07, 6.45) is 6.96. The van der Waals surface area contributed by atoms with Crippen molar-refractivity contribution < 1.29 is 0 Å². The minimum absolute atomic E-state index is 0.444. The quantitative estimate of drug-likeness (QED) is 0.838. The van der Waals surface area contributed by atoms with Gasteiger partial charge in [-0.1, -0.05) is 34.1 Å². The van der Waals surface area contributed by atoms with Crippen molar-refractivity contribution in [2.75, 3.05) is 13.1 Å². The molecule has 112 valence electrons. The van der Waals surface area contributed by atoms with Gasteiger partial charge in [0, 0.05) is 24.7 Å². The van der Waals surface area contributed by atoms with Crippen LogP contribution in [0.4, 0.5) is 0 Å². The van der Waals surface area contributed by atoms with E-state index in [9.17, 15) is 0 Å². The van der Waals surface area contributed by atoms with Crippen LogP contribution in [0.25, 0.3) is 0 Å². The van der Waals surface area contributed by atoms with Crippen molar-refractivity contribution in [3.63, 3.8) is 0 Å². The lowest BCUT2D eigenvalue weighted by Crippen LogP contribution is -2.62. The predicted molar refractivity (Wildman–Crippen MR) is 83.5 cm³/mol. The van der Waals surface area contributed by atoms with E-state index in [4.69, 9.17) is 0 Å². The molecule has 2 aliphatic rings. The van der Waals surface area contributed by atoms with Gasteiger partial charge in [-0.05, 0) is 50.5 Å². The first-order chi connectivity index (χ1) is 8.95. The van der Waals surface area contributed by atoms with Gasteiger partial charge in [-0.3, -0.25) is 4.90 Å². The number of likely N-dealkylation sites (N-methyl/N-ethyl adjacent to an activating group) is 1. The van der Waals surface area contributed by atoms with Crippen LogP contribution in [0.2, 0.25) is 0 Å².